The van der Waals surface area contributed by atoms with Crippen molar-refractivity contribution < 1.29 is 0 Å². The van der Waals surface area contributed by atoms with Crippen LogP contribution < -0.4 is 10.6 Å². The Labute approximate surface area is 105 Å². The largest absolute Gasteiger partial charge is 0.354 e. The zero-order valence-corrected chi connectivity index (χ0v) is 11.7. The molecule has 1 aromatic heterocycles. The van der Waals surface area contributed by atoms with Crippen molar-refractivity contribution in [1.29, 1.82) is 0 Å². The van der Waals surface area contributed by atoms with E-state index in [1.165, 1.54) is 0 Å². The summed E-state index contributed by atoms with van der Waals surface area (Å²) in [7, 11) is 0. The van der Waals surface area contributed by atoms with Crippen molar-refractivity contribution in [1.82, 2.24) is 4.98 Å². The van der Waals surface area contributed by atoms with Crippen molar-refractivity contribution >= 4 is 5.82 Å². The molecule has 2 N–H and O–H groups in total. The normalized spacial score (nSPS) is 11.3. The Morgan fingerprint density at radius 1 is 1.24 bits per heavy atom. The average molecular weight is 235 g/mol. The van der Waals surface area contributed by atoms with Crippen LogP contribution in [-0.2, 0) is 6.54 Å². The van der Waals surface area contributed by atoms with Crippen molar-refractivity contribution in [3.05, 3.63) is 23.4 Å². The van der Waals surface area contributed by atoms with E-state index in [9.17, 15) is 0 Å². The Hall–Kier alpha value is -1.09. The number of anilines is 1. The molecular formula is C14H25N3. The maximum Gasteiger partial charge on any atom is 0.129 e. The van der Waals surface area contributed by atoms with Gasteiger partial charge in [0, 0.05) is 24.8 Å². The molecule has 0 aromatic carbocycles. The topological polar surface area (TPSA) is 42.1 Å². The number of rotatable bonds is 5. The summed E-state index contributed by atoms with van der Waals surface area (Å²) >= 11 is 0. The van der Waals surface area contributed by atoms with E-state index in [2.05, 4.69) is 49.7 Å². The maximum atomic E-state index is 5.72. The second kappa shape index (κ2) is 6.01. The minimum atomic E-state index is 0.456. The first-order valence-corrected chi connectivity index (χ1v) is 6.38. The molecule has 1 rings (SSSR count). The second-order valence-corrected chi connectivity index (χ2v) is 5.32. The van der Waals surface area contributed by atoms with Gasteiger partial charge in [-0.25, -0.2) is 4.98 Å². The van der Waals surface area contributed by atoms with Gasteiger partial charge in [0.25, 0.3) is 0 Å². The molecule has 0 unspecified atom stereocenters. The van der Waals surface area contributed by atoms with Gasteiger partial charge in [-0.05, 0) is 44.4 Å². The Morgan fingerprint density at radius 2 is 1.88 bits per heavy atom. The number of hydrogen-bond donors (Lipinski definition) is 1. The zero-order chi connectivity index (χ0) is 13.0. The number of nitrogens with two attached hydrogens (primary N) is 1. The second-order valence-electron chi connectivity index (χ2n) is 5.32. The van der Waals surface area contributed by atoms with Gasteiger partial charge in [-0.15, -0.1) is 0 Å². The first-order valence-electron chi connectivity index (χ1n) is 6.38. The SMILES string of the molecule is Cc1cc(CN)cc(N(CC(C)C)C(C)C)n1. The molecule has 0 radical (unpaired) electrons. The monoisotopic (exact) mass is 235 g/mol. The van der Waals surface area contributed by atoms with E-state index >= 15 is 0 Å². The average Bonchev–Trinajstić information content (AvgIpc) is 2.24. The molecule has 0 saturated heterocycles. The molecule has 0 amide bonds. The van der Waals surface area contributed by atoms with Crippen LogP contribution in [0, 0.1) is 12.8 Å². The van der Waals surface area contributed by atoms with Crippen molar-refractivity contribution in [3.63, 3.8) is 0 Å². The quantitative estimate of drug-likeness (QED) is 0.853. The number of aryl methyl sites for hydroxylation is 1. The summed E-state index contributed by atoms with van der Waals surface area (Å²) in [5.41, 5.74) is 7.91. The molecule has 3 heteroatoms. The fraction of sp³-hybridized carbons (Fsp3) is 0.643. The molecule has 0 atom stereocenters. The molecule has 17 heavy (non-hydrogen) atoms. The highest BCUT2D eigenvalue weighted by atomic mass is 15.2. The highest BCUT2D eigenvalue weighted by Gasteiger charge is 2.14. The Morgan fingerprint density at radius 3 is 2.35 bits per heavy atom. The van der Waals surface area contributed by atoms with Crippen LogP contribution in [0.25, 0.3) is 0 Å². The van der Waals surface area contributed by atoms with Crippen molar-refractivity contribution in [2.45, 2.75) is 47.2 Å². The molecule has 1 heterocycles. The van der Waals surface area contributed by atoms with Gasteiger partial charge in [-0.2, -0.15) is 0 Å². The summed E-state index contributed by atoms with van der Waals surface area (Å²) in [5, 5.41) is 0. The Balaban J connectivity index is 3.04. The summed E-state index contributed by atoms with van der Waals surface area (Å²) in [4.78, 5) is 6.97. The van der Waals surface area contributed by atoms with Gasteiger partial charge in [0.05, 0.1) is 0 Å². The lowest BCUT2D eigenvalue weighted by Crippen LogP contribution is -2.35. The number of pyridine rings is 1. The van der Waals surface area contributed by atoms with Gasteiger partial charge in [0.15, 0.2) is 0 Å². The van der Waals surface area contributed by atoms with E-state index in [0.717, 1.165) is 23.6 Å². The predicted octanol–water partition coefficient (Wildman–Crippen LogP) is 2.72. The third kappa shape index (κ3) is 4.00. The summed E-state index contributed by atoms with van der Waals surface area (Å²) in [6.07, 6.45) is 0. The van der Waals surface area contributed by atoms with Crippen LogP contribution in [-0.4, -0.2) is 17.6 Å². The molecular weight excluding hydrogens is 210 g/mol. The minimum absolute atomic E-state index is 0.456. The molecule has 0 bridgehead atoms. The van der Waals surface area contributed by atoms with E-state index in [-0.39, 0.29) is 0 Å². The van der Waals surface area contributed by atoms with E-state index in [1.54, 1.807) is 0 Å². The van der Waals surface area contributed by atoms with Crippen LogP contribution in [0.2, 0.25) is 0 Å². The summed E-state index contributed by atoms with van der Waals surface area (Å²) in [5.74, 6) is 1.68. The van der Waals surface area contributed by atoms with Crippen molar-refractivity contribution in [2.75, 3.05) is 11.4 Å². The van der Waals surface area contributed by atoms with Crippen LogP contribution >= 0.6 is 0 Å². The van der Waals surface area contributed by atoms with Gasteiger partial charge in [0.1, 0.15) is 5.82 Å². The van der Waals surface area contributed by atoms with E-state index in [4.69, 9.17) is 5.73 Å². The molecule has 0 fully saturated rings. The molecule has 96 valence electrons. The Kier molecular flexibility index (Phi) is 4.94. The number of nitrogens with zero attached hydrogens (tertiary/aromatic N) is 2. The van der Waals surface area contributed by atoms with E-state index in [0.29, 0.717) is 18.5 Å². The maximum absolute atomic E-state index is 5.72. The highest BCUT2D eigenvalue weighted by molar-refractivity contribution is 5.43. The summed E-state index contributed by atoms with van der Waals surface area (Å²) in [6.45, 7) is 12.5. The van der Waals surface area contributed by atoms with Crippen LogP contribution in [0.1, 0.15) is 39.0 Å². The lowest BCUT2D eigenvalue weighted by molar-refractivity contribution is 0.565. The first-order chi connectivity index (χ1) is 7.93. The smallest absolute Gasteiger partial charge is 0.129 e. The molecule has 0 aliphatic heterocycles. The summed E-state index contributed by atoms with van der Waals surface area (Å²) in [6, 6.07) is 4.62. The van der Waals surface area contributed by atoms with Gasteiger partial charge >= 0.3 is 0 Å². The number of hydrogen-bond acceptors (Lipinski definition) is 3. The predicted molar refractivity (Wildman–Crippen MR) is 74.2 cm³/mol. The molecule has 3 nitrogen and oxygen atoms in total. The van der Waals surface area contributed by atoms with E-state index in [1.807, 2.05) is 6.92 Å². The minimum Gasteiger partial charge on any atom is -0.354 e. The number of aromatic nitrogens is 1. The first kappa shape index (κ1) is 14.0. The van der Waals surface area contributed by atoms with Crippen LogP contribution in [0.4, 0.5) is 5.82 Å². The van der Waals surface area contributed by atoms with Crippen LogP contribution in [0.15, 0.2) is 12.1 Å². The van der Waals surface area contributed by atoms with Gasteiger partial charge in [-0.3, -0.25) is 0 Å². The van der Waals surface area contributed by atoms with Crippen LogP contribution in [0.5, 0.6) is 0 Å². The lowest BCUT2D eigenvalue weighted by atomic mass is 10.1. The van der Waals surface area contributed by atoms with Crippen LogP contribution in [0.3, 0.4) is 0 Å². The highest BCUT2D eigenvalue weighted by Crippen LogP contribution is 2.18. The van der Waals surface area contributed by atoms with Gasteiger partial charge in [-0.1, -0.05) is 13.8 Å². The zero-order valence-electron chi connectivity index (χ0n) is 11.7. The third-order valence-corrected chi connectivity index (χ3v) is 2.71. The molecule has 0 aliphatic carbocycles. The lowest BCUT2D eigenvalue weighted by Gasteiger charge is -2.30. The Bertz CT molecular complexity index is 358. The van der Waals surface area contributed by atoms with Crippen molar-refractivity contribution in [3.8, 4) is 0 Å². The molecule has 1 aromatic rings. The van der Waals surface area contributed by atoms with E-state index < -0.39 is 0 Å². The van der Waals surface area contributed by atoms with Gasteiger partial charge < -0.3 is 10.6 Å². The third-order valence-electron chi connectivity index (χ3n) is 2.71. The molecule has 0 aliphatic rings. The molecule has 0 saturated carbocycles. The molecule has 0 spiro atoms. The summed E-state index contributed by atoms with van der Waals surface area (Å²) < 4.78 is 0. The fourth-order valence-corrected chi connectivity index (χ4v) is 1.95. The van der Waals surface area contributed by atoms with Gasteiger partial charge in [0.2, 0.25) is 0 Å². The van der Waals surface area contributed by atoms with Crippen molar-refractivity contribution in [2.24, 2.45) is 11.7 Å². The standard InChI is InChI=1S/C14H25N3/c1-10(2)9-17(11(3)4)14-7-13(8-15)6-12(5)16-14/h6-7,10-11H,8-9,15H2,1-5H3. The fourth-order valence-electron chi connectivity index (χ4n) is 1.95.